The van der Waals surface area contributed by atoms with Gasteiger partial charge in [-0.25, -0.2) is 4.68 Å². The molecule has 23 heavy (non-hydrogen) atoms. The molecular weight excluding hydrogens is 286 g/mol. The maximum absolute atomic E-state index is 4.51. The molecule has 0 bridgehead atoms. The van der Waals surface area contributed by atoms with Gasteiger partial charge in [0.05, 0.1) is 6.21 Å². The van der Waals surface area contributed by atoms with Crippen LogP contribution in [0.4, 0.5) is 0 Å². The molecule has 0 spiro atoms. The van der Waals surface area contributed by atoms with Gasteiger partial charge in [0, 0.05) is 22.6 Å². The number of hydrogen-bond donors (Lipinski definition) is 0. The average Bonchev–Trinajstić information content (AvgIpc) is 2.98. The molecule has 5 nitrogen and oxygen atoms in total. The van der Waals surface area contributed by atoms with Crippen LogP contribution in [0, 0.1) is 34.6 Å². The molecule has 0 amide bonds. The fourth-order valence-electron chi connectivity index (χ4n) is 2.76. The van der Waals surface area contributed by atoms with E-state index in [1.165, 1.54) is 22.6 Å². The Bertz CT molecular complexity index is 846. The molecule has 0 aliphatic carbocycles. The van der Waals surface area contributed by atoms with E-state index in [-0.39, 0.29) is 0 Å². The first-order valence-corrected chi connectivity index (χ1v) is 7.66. The molecule has 118 valence electrons. The van der Waals surface area contributed by atoms with Gasteiger partial charge in [-0.05, 0) is 52.8 Å². The predicted molar refractivity (Wildman–Crippen MR) is 92.5 cm³/mol. The van der Waals surface area contributed by atoms with Gasteiger partial charge in [-0.15, -0.1) is 10.2 Å². The van der Waals surface area contributed by atoms with Gasteiger partial charge in [0.1, 0.15) is 0 Å². The zero-order valence-corrected chi connectivity index (χ0v) is 14.2. The molecule has 3 rings (SSSR count). The summed E-state index contributed by atoms with van der Waals surface area (Å²) in [6, 6.07) is 10.7. The van der Waals surface area contributed by atoms with E-state index in [1.54, 1.807) is 4.68 Å². The lowest BCUT2D eigenvalue weighted by molar-refractivity contribution is 0.798. The van der Waals surface area contributed by atoms with Gasteiger partial charge in [-0.2, -0.15) is 5.10 Å². The summed E-state index contributed by atoms with van der Waals surface area (Å²) in [6.07, 6.45) is 1.87. The van der Waals surface area contributed by atoms with Crippen LogP contribution in [0.1, 0.15) is 34.2 Å². The second-order valence-electron chi connectivity index (χ2n) is 5.85. The minimum atomic E-state index is 0.783. The number of nitrogens with zero attached hydrogens (tertiary/aromatic N) is 5. The van der Waals surface area contributed by atoms with Crippen LogP contribution < -0.4 is 0 Å². The summed E-state index contributed by atoms with van der Waals surface area (Å²) in [6.45, 7) is 10.1. The molecule has 1 aromatic carbocycles. The number of rotatable bonds is 3. The van der Waals surface area contributed by atoms with Gasteiger partial charge in [0.2, 0.25) is 0 Å². The smallest absolute Gasteiger partial charge is 0.151 e. The Balaban J connectivity index is 1.99. The van der Waals surface area contributed by atoms with Crippen molar-refractivity contribution in [1.82, 2.24) is 19.4 Å². The lowest BCUT2D eigenvalue weighted by Gasteiger charge is -2.09. The third-order valence-electron chi connectivity index (χ3n) is 4.03. The van der Waals surface area contributed by atoms with Gasteiger partial charge in [-0.1, -0.05) is 17.7 Å². The van der Waals surface area contributed by atoms with Crippen molar-refractivity contribution in [3.05, 3.63) is 64.5 Å². The van der Waals surface area contributed by atoms with Crippen molar-refractivity contribution in [2.75, 3.05) is 0 Å². The molecule has 0 atom stereocenters. The number of aryl methyl sites for hydroxylation is 4. The van der Waals surface area contributed by atoms with Crippen LogP contribution in [0.25, 0.3) is 5.69 Å². The van der Waals surface area contributed by atoms with Gasteiger partial charge in [0.15, 0.2) is 11.6 Å². The first-order chi connectivity index (χ1) is 11.0. The Labute approximate surface area is 136 Å². The Hall–Kier alpha value is -2.69. The summed E-state index contributed by atoms with van der Waals surface area (Å²) in [7, 11) is 0. The van der Waals surface area contributed by atoms with E-state index in [1.807, 2.05) is 20.1 Å². The summed E-state index contributed by atoms with van der Waals surface area (Å²) in [5, 5.41) is 12.6. The van der Waals surface area contributed by atoms with Crippen LogP contribution in [0.3, 0.4) is 0 Å². The normalized spacial score (nSPS) is 11.5. The fraction of sp³-hybridized carbons (Fsp3) is 0.278. The largest absolute Gasteiger partial charge is 0.318 e. The molecule has 2 heterocycles. The van der Waals surface area contributed by atoms with Crippen LogP contribution in [0.2, 0.25) is 0 Å². The second kappa shape index (κ2) is 5.83. The molecule has 0 saturated carbocycles. The molecule has 0 fully saturated rings. The van der Waals surface area contributed by atoms with E-state index in [0.29, 0.717) is 0 Å². The van der Waals surface area contributed by atoms with Gasteiger partial charge in [0.25, 0.3) is 0 Å². The van der Waals surface area contributed by atoms with Crippen molar-refractivity contribution in [1.29, 1.82) is 0 Å². The zero-order valence-electron chi connectivity index (χ0n) is 14.2. The average molecular weight is 307 g/mol. The molecular formula is C18H21N5. The molecule has 0 unspecified atom stereocenters. The van der Waals surface area contributed by atoms with E-state index in [4.69, 9.17) is 0 Å². The summed E-state index contributed by atoms with van der Waals surface area (Å²) in [5.74, 6) is 1.57. The van der Waals surface area contributed by atoms with Crippen LogP contribution in [-0.2, 0) is 0 Å². The summed E-state index contributed by atoms with van der Waals surface area (Å²) in [5.41, 5.74) is 5.87. The van der Waals surface area contributed by atoms with Crippen molar-refractivity contribution in [2.24, 2.45) is 5.10 Å². The lowest BCUT2D eigenvalue weighted by atomic mass is 10.2. The Morgan fingerprint density at radius 3 is 2.13 bits per heavy atom. The first-order valence-electron chi connectivity index (χ1n) is 7.66. The van der Waals surface area contributed by atoms with E-state index < -0.39 is 0 Å². The molecule has 2 aromatic heterocycles. The maximum Gasteiger partial charge on any atom is 0.151 e. The summed E-state index contributed by atoms with van der Waals surface area (Å²) in [4.78, 5) is 0. The SMILES string of the molecule is Cc1ccc(-n2c(C)cc(/C=N\n3c(C)nnc3C)c2C)cc1. The van der Waals surface area contributed by atoms with E-state index in [0.717, 1.165) is 17.2 Å². The third kappa shape index (κ3) is 2.82. The minimum Gasteiger partial charge on any atom is -0.318 e. The highest BCUT2D eigenvalue weighted by atomic mass is 15.4. The molecule has 0 radical (unpaired) electrons. The predicted octanol–water partition coefficient (Wildman–Crippen LogP) is 3.49. The van der Waals surface area contributed by atoms with Crippen molar-refractivity contribution < 1.29 is 0 Å². The fourth-order valence-corrected chi connectivity index (χ4v) is 2.76. The van der Waals surface area contributed by atoms with Gasteiger partial charge in [-0.3, -0.25) is 0 Å². The summed E-state index contributed by atoms with van der Waals surface area (Å²) < 4.78 is 3.99. The Morgan fingerprint density at radius 2 is 1.52 bits per heavy atom. The maximum atomic E-state index is 4.51. The van der Waals surface area contributed by atoms with Crippen LogP contribution in [0.5, 0.6) is 0 Å². The van der Waals surface area contributed by atoms with E-state index in [9.17, 15) is 0 Å². The van der Waals surface area contributed by atoms with Gasteiger partial charge < -0.3 is 4.57 Å². The number of hydrogen-bond acceptors (Lipinski definition) is 3. The highest BCUT2D eigenvalue weighted by Gasteiger charge is 2.10. The molecule has 0 N–H and O–H groups in total. The van der Waals surface area contributed by atoms with Crippen molar-refractivity contribution in [2.45, 2.75) is 34.6 Å². The number of benzene rings is 1. The monoisotopic (exact) mass is 307 g/mol. The minimum absolute atomic E-state index is 0.783. The second-order valence-corrected chi connectivity index (χ2v) is 5.85. The van der Waals surface area contributed by atoms with Crippen molar-refractivity contribution in [3.8, 4) is 5.69 Å². The third-order valence-corrected chi connectivity index (χ3v) is 4.03. The highest BCUT2D eigenvalue weighted by molar-refractivity contribution is 5.82. The Morgan fingerprint density at radius 1 is 0.913 bits per heavy atom. The molecule has 0 saturated heterocycles. The lowest BCUT2D eigenvalue weighted by Crippen LogP contribution is -2.00. The zero-order chi connectivity index (χ0) is 16.6. The topological polar surface area (TPSA) is 48.0 Å². The van der Waals surface area contributed by atoms with E-state index in [2.05, 4.69) is 71.0 Å². The molecule has 0 aliphatic rings. The van der Waals surface area contributed by atoms with Crippen LogP contribution in [-0.4, -0.2) is 25.7 Å². The highest BCUT2D eigenvalue weighted by Crippen LogP contribution is 2.20. The van der Waals surface area contributed by atoms with Crippen molar-refractivity contribution >= 4 is 6.21 Å². The Kier molecular flexibility index (Phi) is 3.86. The van der Waals surface area contributed by atoms with Gasteiger partial charge >= 0.3 is 0 Å². The van der Waals surface area contributed by atoms with E-state index >= 15 is 0 Å². The first kappa shape index (κ1) is 15.2. The van der Waals surface area contributed by atoms with Crippen LogP contribution >= 0.6 is 0 Å². The molecule has 0 aliphatic heterocycles. The molecule has 3 aromatic rings. The van der Waals surface area contributed by atoms with Crippen LogP contribution in [0.15, 0.2) is 35.4 Å². The summed E-state index contributed by atoms with van der Waals surface area (Å²) >= 11 is 0. The van der Waals surface area contributed by atoms with Crippen molar-refractivity contribution in [3.63, 3.8) is 0 Å². The number of aromatic nitrogens is 4. The molecule has 5 heteroatoms. The standard InChI is InChI=1S/C18H21N5/c1-12-6-8-18(9-7-12)22-13(2)10-17(14(22)3)11-19-23-15(4)20-21-16(23)5/h6-11H,1-5H3/b19-11-. The quantitative estimate of drug-likeness (QED) is 0.695.